The highest BCUT2D eigenvalue weighted by molar-refractivity contribution is 7.92. The van der Waals surface area contributed by atoms with Gasteiger partial charge in [0.05, 0.1) is 36.2 Å². The number of aromatic nitrogens is 2. The Bertz CT molecular complexity index is 1520. The van der Waals surface area contributed by atoms with Crippen LogP contribution < -0.4 is 14.9 Å². The second-order valence-corrected chi connectivity index (χ2v) is 10.2. The standard InChI is InChI=1S/C24H21FN6O4S/c1-14-7-16(4-6-18(14)25)11-27-23(32)19-9-20(29-13-28-19)24(33)30-21-12-31(36(2,34)35)22-8-15(10-26)3-5-17(21)22/h3-9,13,21H,11-12H2,1-2H3,(H,27,32)(H,30,33)/t21-/m0/s1. The third-order valence-electron chi connectivity index (χ3n) is 5.67. The zero-order valence-corrected chi connectivity index (χ0v) is 20.1. The molecule has 0 bridgehead atoms. The number of rotatable bonds is 6. The van der Waals surface area contributed by atoms with Crippen LogP contribution in [0, 0.1) is 24.1 Å². The summed E-state index contributed by atoms with van der Waals surface area (Å²) in [5, 5.41) is 14.6. The second-order valence-electron chi connectivity index (χ2n) is 8.26. The van der Waals surface area contributed by atoms with Gasteiger partial charge in [0.1, 0.15) is 23.5 Å². The molecule has 1 aliphatic heterocycles. The lowest BCUT2D eigenvalue weighted by Gasteiger charge is -2.17. The molecule has 4 rings (SSSR count). The Morgan fingerprint density at radius 2 is 1.86 bits per heavy atom. The number of fused-ring (bicyclic) bond motifs is 1. The molecule has 184 valence electrons. The lowest BCUT2D eigenvalue weighted by molar-refractivity contribution is 0.0934. The van der Waals surface area contributed by atoms with Crippen LogP contribution in [0.3, 0.4) is 0 Å². The Balaban J connectivity index is 1.49. The molecule has 0 unspecified atom stereocenters. The van der Waals surface area contributed by atoms with Gasteiger partial charge < -0.3 is 10.6 Å². The minimum Gasteiger partial charge on any atom is -0.347 e. The molecule has 2 N–H and O–H groups in total. The summed E-state index contributed by atoms with van der Waals surface area (Å²) in [6.45, 7) is 1.71. The second kappa shape index (κ2) is 9.71. The Kier molecular flexibility index (Phi) is 6.67. The van der Waals surface area contributed by atoms with E-state index in [1.165, 1.54) is 18.2 Å². The summed E-state index contributed by atoms with van der Waals surface area (Å²) in [4.78, 5) is 33.3. The van der Waals surface area contributed by atoms with E-state index in [9.17, 15) is 22.4 Å². The van der Waals surface area contributed by atoms with Crippen molar-refractivity contribution in [3.63, 3.8) is 0 Å². The van der Waals surface area contributed by atoms with E-state index in [-0.39, 0.29) is 35.9 Å². The van der Waals surface area contributed by atoms with E-state index in [0.29, 0.717) is 22.4 Å². The predicted octanol–water partition coefficient (Wildman–Crippen LogP) is 1.98. The van der Waals surface area contributed by atoms with Gasteiger partial charge in [-0.3, -0.25) is 13.9 Å². The van der Waals surface area contributed by atoms with E-state index in [2.05, 4.69) is 20.6 Å². The van der Waals surface area contributed by atoms with Crippen LogP contribution in [0.2, 0.25) is 0 Å². The number of halogens is 1. The molecule has 0 spiro atoms. The van der Waals surface area contributed by atoms with Crippen molar-refractivity contribution in [1.29, 1.82) is 5.26 Å². The molecular weight excluding hydrogens is 487 g/mol. The van der Waals surface area contributed by atoms with Crippen LogP contribution in [0.5, 0.6) is 0 Å². The number of nitrogens with one attached hydrogen (secondary N) is 2. The topological polar surface area (TPSA) is 145 Å². The van der Waals surface area contributed by atoms with Gasteiger partial charge in [-0.2, -0.15) is 5.26 Å². The van der Waals surface area contributed by atoms with Gasteiger partial charge in [0, 0.05) is 18.2 Å². The molecule has 12 heteroatoms. The Hall–Kier alpha value is -4.37. The molecule has 1 atom stereocenters. The molecule has 0 saturated carbocycles. The smallest absolute Gasteiger partial charge is 0.270 e. The highest BCUT2D eigenvalue weighted by Gasteiger charge is 2.35. The number of carbonyl (C=O) groups excluding carboxylic acids is 2. The molecule has 1 aromatic heterocycles. The fourth-order valence-corrected chi connectivity index (χ4v) is 4.79. The predicted molar refractivity (Wildman–Crippen MR) is 128 cm³/mol. The van der Waals surface area contributed by atoms with Crippen molar-refractivity contribution < 1.29 is 22.4 Å². The van der Waals surface area contributed by atoms with Gasteiger partial charge in [-0.25, -0.2) is 22.8 Å². The fraction of sp³-hybridized carbons (Fsp3) is 0.208. The summed E-state index contributed by atoms with van der Waals surface area (Å²) < 4.78 is 39.1. The molecule has 10 nitrogen and oxygen atoms in total. The Morgan fingerprint density at radius 3 is 2.53 bits per heavy atom. The number of benzene rings is 2. The summed E-state index contributed by atoms with van der Waals surface area (Å²) in [5.41, 5.74) is 2.17. The van der Waals surface area contributed by atoms with E-state index in [1.54, 1.807) is 31.2 Å². The molecule has 0 fully saturated rings. The largest absolute Gasteiger partial charge is 0.347 e. The fourth-order valence-electron chi connectivity index (χ4n) is 3.85. The molecule has 2 amide bonds. The minimum atomic E-state index is -3.65. The first-order valence-electron chi connectivity index (χ1n) is 10.7. The third kappa shape index (κ3) is 5.16. The van der Waals surface area contributed by atoms with Crippen molar-refractivity contribution in [2.75, 3.05) is 17.1 Å². The number of hydrogen-bond donors (Lipinski definition) is 2. The Labute approximate surface area is 206 Å². The van der Waals surface area contributed by atoms with Crippen LogP contribution in [-0.2, 0) is 16.6 Å². The number of nitrogens with zero attached hydrogens (tertiary/aromatic N) is 4. The van der Waals surface area contributed by atoms with Crippen LogP contribution in [-0.4, -0.2) is 43.0 Å². The summed E-state index contributed by atoms with van der Waals surface area (Å²) in [5.74, 6) is -1.52. The van der Waals surface area contributed by atoms with Gasteiger partial charge in [0.15, 0.2) is 0 Å². The van der Waals surface area contributed by atoms with E-state index < -0.39 is 27.9 Å². The summed E-state index contributed by atoms with van der Waals surface area (Å²) in [6.07, 6.45) is 2.12. The molecule has 0 radical (unpaired) electrons. The highest BCUT2D eigenvalue weighted by Crippen LogP contribution is 2.37. The van der Waals surface area contributed by atoms with Gasteiger partial charge in [-0.1, -0.05) is 18.2 Å². The maximum Gasteiger partial charge on any atom is 0.270 e. The van der Waals surface area contributed by atoms with Gasteiger partial charge in [-0.15, -0.1) is 0 Å². The SMILES string of the molecule is Cc1cc(CNC(=O)c2cc(C(=O)N[C@H]3CN(S(C)(=O)=O)c4cc(C#N)ccc43)ncn2)ccc1F. The molecule has 0 aliphatic carbocycles. The first kappa shape index (κ1) is 24.7. The van der Waals surface area contributed by atoms with Gasteiger partial charge in [-0.05, 0) is 36.2 Å². The third-order valence-corrected chi connectivity index (χ3v) is 6.81. The lowest BCUT2D eigenvalue weighted by Crippen LogP contribution is -2.35. The average Bonchev–Trinajstić information content (AvgIpc) is 3.22. The van der Waals surface area contributed by atoms with Crippen molar-refractivity contribution >= 4 is 27.5 Å². The molecular formula is C24H21FN6O4S. The van der Waals surface area contributed by atoms with Gasteiger partial charge in [0.2, 0.25) is 10.0 Å². The van der Waals surface area contributed by atoms with E-state index in [4.69, 9.17) is 5.26 Å². The zero-order chi connectivity index (χ0) is 26.0. The number of sulfonamides is 1. The zero-order valence-electron chi connectivity index (χ0n) is 19.3. The van der Waals surface area contributed by atoms with Gasteiger partial charge >= 0.3 is 0 Å². The minimum absolute atomic E-state index is 0.0442. The summed E-state index contributed by atoms with van der Waals surface area (Å²) >= 11 is 0. The highest BCUT2D eigenvalue weighted by atomic mass is 32.2. The monoisotopic (exact) mass is 508 g/mol. The normalized spacial score (nSPS) is 14.6. The number of carbonyl (C=O) groups is 2. The molecule has 2 heterocycles. The molecule has 0 saturated heterocycles. The van der Waals surface area contributed by atoms with Gasteiger partial charge in [0.25, 0.3) is 11.8 Å². The Morgan fingerprint density at radius 1 is 1.14 bits per heavy atom. The maximum atomic E-state index is 13.4. The molecule has 2 aromatic carbocycles. The van der Waals surface area contributed by atoms with Crippen molar-refractivity contribution in [1.82, 2.24) is 20.6 Å². The quantitative estimate of drug-likeness (QED) is 0.518. The number of anilines is 1. The average molecular weight is 509 g/mol. The van der Waals surface area contributed by atoms with Crippen molar-refractivity contribution in [2.24, 2.45) is 0 Å². The van der Waals surface area contributed by atoms with Crippen LogP contribution in [0.25, 0.3) is 0 Å². The van der Waals surface area contributed by atoms with Crippen molar-refractivity contribution in [2.45, 2.75) is 19.5 Å². The van der Waals surface area contributed by atoms with Crippen molar-refractivity contribution in [3.8, 4) is 6.07 Å². The van der Waals surface area contributed by atoms with Crippen LogP contribution in [0.4, 0.5) is 10.1 Å². The lowest BCUT2D eigenvalue weighted by atomic mass is 10.1. The first-order chi connectivity index (χ1) is 17.1. The van der Waals surface area contributed by atoms with E-state index in [0.717, 1.165) is 16.9 Å². The maximum absolute atomic E-state index is 13.4. The summed E-state index contributed by atoms with van der Waals surface area (Å²) in [7, 11) is -3.65. The van der Waals surface area contributed by atoms with Crippen LogP contribution in [0.1, 0.15) is 49.3 Å². The first-order valence-corrected chi connectivity index (χ1v) is 12.6. The van der Waals surface area contributed by atoms with E-state index in [1.807, 2.05) is 6.07 Å². The molecule has 36 heavy (non-hydrogen) atoms. The molecule has 3 aromatic rings. The summed E-state index contributed by atoms with van der Waals surface area (Å²) in [6, 6.07) is 11.6. The van der Waals surface area contributed by atoms with E-state index >= 15 is 0 Å². The molecule has 1 aliphatic rings. The number of amides is 2. The van der Waals surface area contributed by atoms with Crippen LogP contribution in [0.15, 0.2) is 48.8 Å². The van der Waals surface area contributed by atoms with Crippen molar-refractivity contribution in [3.05, 3.63) is 88.3 Å². The number of nitriles is 1. The number of hydrogen-bond acceptors (Lipinski definition) is 7. The number of aryl methyl sites for hydroxylation is 1. The van der Waals surface area contributed by atoms with Crippen LogP contribution >= 0.6 is 0 Å².